The quantitative estimate of drug-likeness (QED) is 0.729. The summed E-state index contributed by atoms with van der Waals surface area (Å²) in [5.74, 6) is 0.0900. The maximum Gasteiger partial charge on any atom is 0.170 e. The first-order chi connectivity index (χ1) is 8.58. The van der Waals surface area contributed by atoms with E-state index in [1.165, 1.54) is 11.1 Å². The number of benzene rings is 2. The molecule has 1 atom stereocenters. The van der Waals surface area contributed by atoms with Crippen LogP contribution in [-0.2, 0) is 0 Å². The molecule has 0 aliphatic carbocycles. The van der Waals surface area contributed by atoms with Gasteiger partial charge >= 0.3 is 0 Å². The Balaban J connectivity index is 2.23. The van der Waals surface area contributed by atoms with E-state index < -0.39 is 0 Å². The zero-order valence-corrected chi connectivity index (χ0v) is 11.1. The first-order valence-electron chi connectivity index (χ1n) is 6.25. The van der Waals surface area contributed by atoms with Gasteiger partial charge in [0, 0.05) is 11.5 Å². The van der Waals surface area contributed by atoms with Gasteiger partial charge in [-0.1, -0.05) is 66.6 Å². The number of aryl methyl sites for hydroxylation is 2. The van der Waals surface area contributed by atoms with Gasteiger partial charge in [0.15, 0.2) is 5.78 Å². The van der Waals surface area contributed by atoms with Gasteiger partial charge in [-0.15, -0.1) is 0 Å². The third kappa shape index (κ3) is 2.67. The van der Waals surface area contributed by atoms with Crippen LogP contribution in [0.3, 0.4) is 0 Å². The SMILES string of the molecule is Cc1ccc(C(=O)[C@@H](C)c2ccc(C)cc2)cc1. The van der Waals surface area contributed by atoms with E-state index >= 15 is 0 Å². The molecular weight excluding hydrogens is 220 g/mol. The average molecular weight is 238 g/mol. The smallest absolute Gasteiger partial charge is 0.170 e. The van der Waals surface area contributed by atoms with E-state index in [-0.39, 0.29) is 11.7 Å². The van der Waals surface area contributed by atoms with Crippen molar-refractivity contribution in [2.24, 2.45) is 0 Å². The van der Waals surface area contributed by atoms with Gasteiger partial charge in [-0.3, -0.25) is 4.79 Å². The summed E-state index contributed by atoms with van der Waals surface area (Å²) in [6.07, 6.45) is 0. The van der Waals surface area contributed by atoms with Crippen molar-refractivity contribution in [3.05, 3.63) is 70.8 Å². The minimum Gasteiger partial charge on any atom is -0.294 e. The van der Waals surface area contributed by atoms with Crippen molar-refractivity contribution in [3.8, 4) is 0 Å². The topological polar surface area (TPSA) is 17.1 Å². The van der Waals surface area contributed by atoms with Gasteiger partial charge < -0.3 is 0 Å². The van der Waals surface area contributed by atoms with Crippen molar-refractivity contribution < 1.29 is 4.79 Å². The van der Waals surface area contributed by atoms with Crippen LogP contribution in [0.25, 0.3) is 0 Å². The molecule has 0 heterocycles. The Morgan fingerprint density at radius 2 is 1.28 bits per heavy atom. The van der Waals surface area contributed by atoms with Crippen LogP contribution in [0.4, 0.5) is 0 Å². The molecule has 0 fully saturated rings. The highest BCUT2D eigenvalue weighted by Crippen LogP contribution is 2.21. The first-order valence-corrected chi connectivity index (χ1v) is 6.25. The van der Waals surface area contributed by atoms with Gasteiger partial charge in [0.1, 0.15) is 0 Å². The van der Waals surface area contributed by atoms with Gasteiger partial charge in [0.05, 0.1) is 0 Å². The molecule has 0 amide bonds. The lowest BCUT2D eigenvalue weighted by Gasteiger charge is -2.11. The minimum atomic E-state index is -0.0895. The number of ketones is 1. The molecule has 0 aliphatic rings. The van der Waals surface area contributed by atoms with E-state index in [1.807, 2.05) is 62.4 Å². The Morgan fingerprint density at radius 1 is 0.833 bits per heavy atom. The summed E-state index contributed by atoms with van der Waals surface area (Å²) in [6.45, 7) is 6.04. The summed E-state index contributed by atoms with van der Waals surface area (Å²) >= 11 is 0. The van der Waals surface area contributed by atoms with Crippen molar-refractivity contribution in [1.29, 1.82) is 0 Å². The Hall–Kier alpha value is -1.89. The second kappa shape index (κ2) is 5.18. The van der Waals surface area contributed by atoms with Crippen molar-refractivity contribution in [3.63, 3.8) is 0 Å². The zero-order valence-electron chi connectivity index (χ0n) is 11.1. The predicted molar refractivity (Wildman–Crippen MR) is 75.1 cm³/mol. The fraction of sp³-hybridized carbons (Fsp3) is 0.235. The molecular formula is C17H18O. The van der Waals surface area contributed by atoms with E-state index in [1.54, 1.807) is 0 Å². The highest BCUT2D eigenvalue weighted by Gasteiger charge is 2.16. The zero-order chi connectivity index (χ0) is 13.1. The molecule has 0 bridgehead atoms. The Kier molecular flexibility index (Phi) is 3.61. The van der Waals surface area contributed by atoms with Crippen LogP contribution in [0.1, 0.15) is 39.9 Å². The number of rotatable bonds is 3. The molecule has 2 aromatic rings. The van der Waals surface area contributed by atoms with Gasteiger partial charge in [-0.25, -0.2) is 0 Å². The molecule has 2 aromatic carbocycles. The average Bonchev–Trinajstić information content (AvgIpc) is 2.39. The van der Waals surface area contributed by atoms with Gasteiger partial charge in [-0.05, 0) is 19.4 Å². The van der Waals surface area contributed by atoms with Crippen molar-refractivity contribution >= 4 is 5.78 Å². The molecule has 0 aliphatic heterocycles. The molecule has 0 aromatic heterocycles. The highest BCUT2D eigenvalue weighted by molar-refractivity contribution is 6.00. The molecule has 0 saturated heterocycles. The van der Waals surface area contributed by atoms with Crippen molar-refractivity contribution in [2.75, 3.05) is 0 Å². The fourth-order valence-corrected chi connectivity index (χ4v) is 1.97. The Morgan fingerprint density at radius 3 is 1.78 bits per heavy atom. The lowest BCUT2D eigenvalue weighted by atomic mass is 9.91. The lowest BCUT2D eigenvalue weighted by molar-refractivity contribution is 0.0966. The number of hydrogen-bond donors (Lipinski definition) is 0. The fourth-order valence-electron chi connectivity index (χ4n) is 1.97. The van der Waals surface area contributed by atoms with Crippen LogP contribution in [0.15, 0.2) is 48.5 Å². The van der Waals surface area contributed by atoms with Crippen LogP contribution < -0.4 is 0 Å². The molecule has 92 valence electrons. The second-order valence-electron chi connectivity index (χ2n) is 4.86. The minimum absolute atomic E-state index is 0.0895. The van der Waals surface area contributed by atoms with Crippen LogP contribution in [-0.4, -0.2) is 5.78 Å². The van der Waals surface area contributed by atoms with E-state index in [0.717, 1.165) is 11.1 Å². The standard InChI is InChI=1S/C17H18O/c1-12-4-8-15(9-5-12)14(3)17(18)16-10-6-13(2)7-11-16/h4-11,14H,1-3H3/t14-/m0/s1. The second-order valence-corrected chi connectivity index (χ2v) is 4.86. The molecule has 0 radical (unpaired) electrons. The van der Waals surface area contributed by atoms with Crippen molar-refractivity contribution in [1.82, 2.24) is 0 Å². The first kappa shape index (κ1) is 12.6. The number of hydrogen-bond acceptors (Lipinski definition) is 1. The summed E-state index contributed by atoms with van der Waals surface area (Å²) in [4.78, 5) is 12.3. The van der Waals surface area contributed by atoms with E-state index in [2.05, 4.69) is 6.92 Å². The van der Waals surface area contributed by atoms with E-state index in [4.69, 9.17) is 0 Å². The number of carbonyl (C=O) groups excluding carboxylic acids is 1. The number of carbonyl (C=O) groups is 1. The van der Waals surface area contributed by atoms with E-state index in [0.29, 0.717) is 0 Å². The molecule has 0 saturated carbocycles. The molecule has 0 N–H and O–H groups in total. The van der Waals surface area contributed by atoms with Crippen LogP contribution in [0, 0.1) is 13.8 Å². The van der Waals surface area contributed by atoms with E-state index in [9.17, 15) is 4.79 Å². The molecule has 0 spiro atoms. The Bertz CT molecular complexity index is 535. The van der Waals surface area contributed by atoms with Crippen LogP contribution in [0.2, 0.25) is 0 Å². The summed E-state index contributed by atoms with van der Waals surface area (Å²) in [5, 5.41) is 0. The Labute approximate surface area is 108 Å². The molecule has 2 rings (SSSR count). The summed E-state index contributed by atoms with van der Waals surface area (Å²) < 4.78 is 0. The lowest BCUT2D eigenvalue weighted by Crippen LogP contribution is -2.09. The number of Topliss-reactive ketones (excluding diaryl/α,β-unsaturated/α-hetero) is 1. The third-order valence-electron chi connectivity index (χ3n) is 3.31. The van der Waals surface area contributed by atoms with Crippen LogP contribution in [0.5, 0.6) is 0 Å². The maximum atomic E-state index is 12.3. The highest BCUT2D eigenvalue weighted by atomic mass is 16.1. The summed E-state index contributed by atoms with van der Waals surface area (Å²) in [6, 6.07) is 15.9. The summed E-state index contributed by atoms with van der Waals surface area (Å²) in [7, 11) is 0. The molecule has 0 unspecified atom stereocenters. The summed E-state index contributed by atoms with van der Waals surface area (Å²) in [5.41, 5.74) is 4.25. The largest absolute Gasteiger partial charge is 0.294 e. The van der Waals surface area contributed by atoms with Crippen molar-refractivity contribution in [2.45, 2.75) is 26.7 Å². The predicted octanol–water partition coefficient (Wildman–Crippen LogP) is 4.29. The van der Waals surface area contributed by atoms with Gasteiger partial charge in [0.2, 0.25) is 0 Å². The molecule has 1 nitrogen and oxygen atoms in total. The van der Waals surface area contributed by atoms with Gasteiger partial charge in [-0.2, -0.15) is 0 Å². The third-order valence-corrected chi connectivity index (χ3v) is 3.31. The molecule has 1 heteroatoms. The molecule has 18 heavy (non-hydrogen) atoms. The normalized spacial score (nSPS) is 12.2. The van der Waals surface area contributed by atoms with Crippen LogP contribution >= 0.6 is 0 Å². The maximum absolute atomic E-state index is 12.3. The van der Waals surface area contributed by atoms with Gasteiger partial charge in [0.25, 0.3) is 0 Å². The monoisotopic (exact) mass is 238 g/mol.